The van der Waals surface area contributed by atoms with Crippen LogP contribution in [0.3, 0.4) is 0 Å². The summed E-state index contributed by atoms with van der Waals surface area (Å²) in [4.78, 5) is 19.3. The largest absolute Gasteiger partial charge is 0.371 e. The van der Waals surface area contributed by atoms with Gasteiger partial charge in [-0.25, -0.2) is 0 Å². The first-order valence-corrected chi connectivity index (χ1v) is 9.67. The first-order chi connectivity index (χ1) is 12.6. The summed E-state index contributed by atoms with van der Waals surface area (Å²) in [7, 11) is 0. The topological polar surface area (TPSA) is 45.2 Å². The maximum absolute atomic E-state index is 12.3. The fraction of sp³-hybridized carbons (Fsp3) is 0.455. The predicted octanol–water partition coefficient (Wildman–Crippen LogP) is 3.98. The van der Waals surface area contributed by atoms with Crippen molar-refractivity contribution in [3.8, 4) is 11.1 Å². The second-order valence-electron chi connectivity index (χ2n) is 7.92. The van der Waals surface area contributed by atoms with Gasteiger partial charge in [0.1, 0.15) is 0 Å². The fourth-order valence-electron chi connectivity index (χ4n) is 4.43. The third kappa shape index (κ3) is 2.87. The molecule has 1 N–H and O–H groups in total. The first kappa shape index (κ1) is 17.1. The summed E-state index contributed by atoms with van der Waals surface area (Å²) < 4.78 is 0. The maximum atomic E-state index is 12.3. The number of carbonyl (C=O) groups excluding carboxylic acids is 1. The highest BCUT2D eigenvalue weighted by molar-refractivity contribution is 5.85. The van der Waals surface area contributed by atoms with Crippen LogP contribution in [0.1, 0.15) is 44.6 Å². The number of anilines is 1. The highest BCUT2D eigenvalue weighted by Gasteiger charge is 2.44. The van der Waals surface area contributed by atoms with Crippen LogP contribution in [0, 0.1) is 5.41 Å². The van der Waals surface area contributed by atoms with Crippen molar-refractivity contribution in [1.29, 1.82) is 0 Å². The van der Waals surface area contributed by atoms with Crippen molar-refractivity contribution >= 4 is 11.6 Å². The minimum atomic E-state index is -0.131. The molecule has 2 saturated heterocycles. The molecule has 2 aliphatic heterocycles. The summed E-state index contributed by atoms with van der Waals surface area (Å²) in [5.74, 6) is 0.672. The Kier molecular flexibility index (Phi) is 4.43. The summed E-state index contributed by atoms with van der Waals surface area (Å²) in [6.45, 7) is 7.14. The molecule has 1 amide bonds. The highest BCUT2D eigenvalue weighted by Crippen LogP contribution is 2.43. The molecule has 3 heterocycles. The van der Waals surface area contributed by atoms with Crippen molar-refractivity contribution in [1.82, 2.24) is 10.3 Å². The van der Waals surface area contributed by atoms with Crippen molar-refractivity contribution < 1.29 is 4.79 Å². The zero-order valence-electron chi connectivity index (χ0n) is 15.7. The van der Waals surface area contributed by atoms with Gasteiger partial charge in [0.25, 0.3) is 0 Å². The van der Waals surface area contributed by atoms with Crippen LogP contribution in [0.5, 0.6) is 0 Å². The summed E-state index contributed by atoms with van der Waals surface area (Å²) in [6, 6.07) is 10.5. The van der Waals surface area contributed by atoms with E-state index in [0.29, 0.717) is 5.92 Å². The number of piperidine rings is 1. The van der Waals surface area contributed by atoms with E-state index in [2.05, 4.69) is 53.3 Å². The Morgan fingerprint density at radius 1 is 1.08 bits per heavy atom. The van der Waals surface area contributed by atoms with E-state index in [9.17, 15) is 4.79 Å². The smallest absolute Gasteiger partial charge is 0.226 e. The Bertz CT molecular complexity index is 792. The van der Waals surface area contributed by atoms with Crippen LogP contribution in [-0.4, -0.2) is 30.5 Å². The minimum Gasteiger partial charge on any atom is -0.371 e. The first-order valence-electron chi connectivity index (χ1n) is 9.67. The van der Waals surface area contributed by atoms with Gasteiger partial charge in [-0.1, -0.05) is 44.2 Å². The van der Waals surface area contributed by atoms with E-state index < -0.39 is 0 Å². The molecule has 1 aromatic carbocycles. The average Bonchev–Trinajstić information content (AvgIpc) is 3.02. The molecule has 0 radical (unpaired) electrons. The zero-order chi connectivity index (χ0) is 18.1. The van der Waals surface area contributed by atoms with E-state index in [-0.39, 0.29) is 11.3 Å². The number of rotatable bonds is 3. The van der Waals surface area contributed by atoms with E-state index in [1.807, 2.05) is 18.5 Å². The number of hydrogen-bond donors (Lipinski definition) is 1. The highest BCUT2D eigenvalue weighted by atomic mass is 16.2. The van der Waals surface area contributed by atoms with Crippen molar-refractivity contribution in [2.45, 2.75) is 39.0 Å². The van der Waals surface area contributed by atoms with Crippen LogP contribution in [0.2, 0.25) is 0 Å². The monoisotopic (exact) mass is 349 g/mol. The summed E-state index contributed by atoms with van der Waals surface area (Å²) in [5, 5.41) is 3.03. The molecule has 2 aromatic rings. The predicted molar refractivity (Wildman–Crippen MR) is 105 cm³/mol. The molecule has 0 atom stereocenters. The SMILES string of the molecule is CC(C)c1cncc(-c2ccccc2)c1N1CCC2(CCNC2=O)CC1. The Balaban J connectivity index is 1.70. The van der Waals surface area contributed by atoms with Gasteiger partial charge in [-0.3, -0.25) is 9.78 Å². The number of pyridine rings is 1. The van der Waals surface area contributed by atoms with Gasteiger partial charge in [-0.2, -0.15) is 0 Å². The minimum absolute atomic E-state index is 0.131. The van der Waals surface area contributed by atoms with E-state index in [4.69, 9.17) is 0 Å². The standard InChI is InChI=1S/C22H27N3O/c1-16(2)18-14-23-15-19(17-6-4-3-5-7-17)20(18)25-12-9-22(10-13-25)8-11-24-21(22)26/h3-7,14-16H,8-13H2,1-2H3,(H,24,26). The zero-order valence-corrected chi connectivity index (χ0v) is 15.7. The lowest BCUT2D eigenvalue weighted by molar-refractivity contribution is -0.128. The van der Waals surface area contributed by atoms with Crippen LogP contribution in [-0.2, 0) is 4.79 Å². The average molecular weight is 349 g/mol. The molecule has 0 unspecified atom stereocenters. The fourth-order valence-corrected chi connectivity index (χ4v) is 4.43. The van der Waals surface area contributed by atoms with E-state index in [1.54, 1.807) is 0 Å². The Morgan fingerprint density at radius 3 is 2.42 bits per heavy atom. The number of nitrogens with one attached hydrogen (secondary N) is 1. The number of hydrogen-bond acceptors (Lipinski definition) is 3. The van der Waals surface area contributed by atoms with E-state index in [0.717, 1.165) is 38.9 Å². The molecule has 4 heteroatoms. The summed E-state index contributed by atoms with van der Waals surface area (Å²) in [6.07, 6.45) is 6.86. The van der Waals surface area contributed by atoms with Gasteiger partial charge in [0, 0.05) is 37.6 Å². The molecule has 0 saturated carbocycles. The molecule has 4 nitrogen and oxygen atoms in total. The number of nitrogens with zero attached hydrogens (tertiary/aromatic N) is 2. The molecular weight excluding hydrogens is 322 g/mol. The van der Waals surface area contributed by atoms with Crippen LogP contribution >= 0.6 is 0 Å². The van der Waals surface area contributed by atoms with Crippen LogP contribution in [0.15, 0.2) is 42.7 Å². The molecule has 1 spiro atoms. The normalized spacial score (nSPS) is 19.2. The quantitative estimate of drug-likeness (QED) is 0.912. The molecule has 0 aliphatic carbocycles. The van der Waals surface area contributed by atoms with Gasteiger partial charge in [-0.15, -0.1) is 0 Å². The second-order valence-corrected chi connectivity index (χ2v) is 7.92. The van der Waals surface area contributed by atoms with Gasteiger partial charge in [-0.05, 0) is 36.3 Å². The molecule has 2 aliphatic rings. The second kappa shape index (κ2) is 6.75. The van der Waals surface area contributed by atoms with Crippen molar-refractivity contribution in [3.63, 3.8) is 0 Å². The van der Waals surface area contributed by atoms with Crippen LogP contribution < -0.4 is 10.2 Å². The van der Waals surface area contributed by atoms with Gasteiger partial charge < -0.3 is 10.2 Å². The molecular formula is C22H27N3O. The molecule has 136 valence electrons. The van der Waals surface area contributed by atoms with Crippen molar-refractivity contribution in [3.05, 3.63) is 48.3 Å². The molecule has 1 aromatic heterocycles. The number of benzene rings is 1. The Labute approximate surface area is 155 Å². The van der Waals surface area contributed by atoms with Crippen molar-refractivity contribution in [2.75, 3.05) is 24.5 Å². The van der Waals surface area contributed by atoms with Gasteiger partial charge in [0.2, 0.25) is 5.91 Å². The maximum Gasteiger partial charge on any atom is 0.226 e. The molecule has 0 bridgehead atoms. The third-order valence-electron chi connectivity index (χ3n) is 6.06. The van der Waals surface area contributed by atoms with Crippen molar-refractivity contribution in [2.24, 2.45) is 5.41 Å². The van der Waals surface area contributed by atoms with Gasteiger partial charge in [0.05, 0.1) is 11.1 Å². The lowest BCUT2D eigenvalue weighted by atomic mass is 9.76. The number of amides is 1. The number of carbonyl (C=O) groups is 1. The summed E-state index contributed by atoms with van der Waals surface area (Å²) in [5.41, 5.74) is 4.86. The molecule has 26 heavy (non-hydrogen) atoms. The lowest BCUT2D eigenvalue weighted by Crippen LogP contribution is -2.44. The van der Waals surface area contributed by atoms with Gasteiger partial charge >= 0.3 is 0 Å². The Morgan fingerprint density at radius 2 is 1.81 bits per heavy atom. The lowest BCUT2D eigenvalue weighted by Gasteiger charge is -2.40. The molecule has 2 fully saturated rings. The summed E-state index contributed by atoms with van der Waals surface area (Å²) >= 11 is 0. The van der Waals surface area contributed by atoms with Crippen LogP contribution in [0.4, 0.5) is 5.69 Å². The van der Waals surface area contributed by atoms with Gasteiger partial charge in [0.15, 0.2) is 0 Å². The van der Waals surface area contributed by atoms with E-state index in [1.165, 1.54) is 22.4 Å². The Hall–Kier alpha value is -2.36. The molecule has 4 rings (SSSR count). The van der Waals surface area contributed by atoms with Crippen LogP contribution in [0.25, 0.3) is 11.1 Å². The third-order valence-corrected chi connectivity index (χ3v) is 6.06. The number of aromatic nitrogens is 1. The van der Waals surface area contributed by atoms with E-state index >= 15 is 0 Å².